The molecule has 6 nitrogen and oxygen atoms in total. The minimum Gasteiger partial charge on any atom is -0.497 e. The van der Waals surface area contributed by atoms with Crippen LogP contribution in [0.2, 0.25) is 0 Å². The third-order valence-electron chi connectivity index (χ3n) is 5.65. The van der Waals surface area contributed by atoms with Crippen LogP contribution in [0.1, 0.15) is 44.6 Å². The molecule has 1 aromatic carbocycles. The second-order valence-electron chi connectivity index (χ2n) is 7.44. The van der Waals surface area contributed by atoms with Crippen LogP contribution in [0.3, 0.4) is 0 Å². The summed E-state index contributed by atoms with van der Waals surface area (Å²) in [5.74, 6) is 2.48. The lowest BCUT2D eigenvalue weighted by molar-refractivity contribution is 0.242. The molecule has 1 aromatic rings. The number of ether oxygens (including phenoxy) is 2. The SMILES string of the molecule is CCNC(=NCc1ccc(OC)cc1OC)NC1CCN(C2CCCC2)C1.I. The predicted octanol–water partition coefficient (Wildman–Crippen LogP) is 3.39. The molecule has 1 aliphatic heterocycles. The van der Waals surface area contributed by atoms with E-state index in [-0.39, 0.29) is 24.0 Å². The highest BCUT2D eigenvalue weighted by Gasteiger charge is 2.30. The van der Waals surface area contributed by atoms with Crippen LogP contribution in [-0.4, -0.2) is 56.8 Å². The molecular weight excluding hydrogens is 467 g/mol. The zero-order valence-corrected chi connectivity index (χ0v) is 19.7. The van der Waals surface area contributed by atoms with Crippen molar-refractivity contribution in [1.82, 2.24) is 15.5 Å². The summed E-state index contributed by atoms with van der Waals surface area (Å²) in [4.78, 5) is 7.46. The number of likely N-dealkylation sites (tertiary alicyclic amines) is 1. The van der Waals surface area contributed by atoms with Gasteiger partial charge in [-0.15, -0.1) is 24.0 Å². The van der Waals surface area contributed by atoms with Gasteiger partial charge < -0.3 is 20.1 Å². The number of aliphatic imine (C=N–C) groups is 1. The Morgan fingerprint density at radius 1 is 1.18 bits per heavy atom. The first-order chi connectivity index (χ1) is 13.2. The first-order valence-electron chi connectivity index (χ1n) is 10.2. The minimum absolute atomic E-state index is 0. The Bertz CT molecular complexity index is 635. The Labute approximate surface area is 186 Å². The van der Waals surface area contributed by atoms with Gasteiger partial charge in [0.05, 0.1) is 20.8 Å². The fraction of sp³-hybridized carbons (Fsp3) is 0.667. The van der Waals surface area contributed by atoms with Gasteiger partial charge in [-0.1, -0.05) is 12.8 Å². The second-order valence-corrected chi connectivity index (χ2v) is 7.44. The zero-order valence-electron chi connectivity index (χ0n) is 17.4. The molecule has 1 atom stereocenters. The number of guanidine groups is 1. The molecule has 1 saturated heterocycles. The third-order valence-corrected chi connectivity index (χ3v) is 5.65. The van der Waals surface area contributed by atoms with E-state index in [1.165, 1.54) is 38.6 Å². The van der Waals surface area contributed by atoms with Crippen molar-refractivity contribution in [3.8, 4) is 11.5 Å². The highest BCUT2D eigenvalue weighted by molar-refractivity contribution is 14.0. The monoisotopic (exact) mass is 502 g/mol. The quantitative estimate of drug-likeness (QED) is 0.340. The van der Waals surface area contributed by atoms with Gasteiger partial charge in [-0.05, 0) is 38.3 Å². The number of methoxy groups -OCH3 is 2. The molecule has 2 N–H and O–H groups in total. The summed E-state index contributed by atoms with van der Waals surface area (Å²) in [6.45, 7) is 5.85. The number of nitrogens with zero attached hydrogens (tertiary/aromatic N) is 2. The van der Waals surface area contributed by atoms with E-state index in [4.69, 9.17) is 14.5 Å². The van der Waals surface area contributed by atoms with Gasteiger partial charge in [-0.25, -0.2) is 4.99 Å². The first-order valence-corrected chi connectivity index (χ1v) is 10.2. The number of rotatable bonds is 7. The maximum absolute atomic E-state index is 5.49. The minimum atomic E-state index is 0. The lowest BCUT2D eigenvalue weighted by atomic mass is 10.2. The molecule has 1 heterocycles. The standard InChI is InChI=1S/C21H34N4O2.HI/c1-4-22-21(23-14-16-9-10-19(26-2)13-20(16)27-3)24-17-11-12-25(15-17)18-7-5-6-8-18;/h9-10,13,17-18H,4-8,11-12,14-15H2,1-3H3,(H2,22,23,24);1H. The summed E-state index contributed by atoms with van der Waals surface area (Å²) in [7, 11) is 3.35. The molecule has 2 fully saturated rings. The Hall–Kier alpha value is -1.22. The average Bonchev–Trinajstić information content (AvgIpc) is 3.38. The Balaban J connectivity index is 0.00000280. The summed E-state index contributed by atoms with van der Waals surface area (Å²) in [6, 6.07) is 7.15. The van der Waals surface area contributed by atoms with E-state index in [1.807, 2.05) is 18.2 Å². The van der Waals surface area contributed by atoms with Gasteiger partial charge in [0.15, 0.2) is 5.96 Å². The van der Waals surface area contributed by atoms with Crippen molar-refractivity contribution in [2.24, 2.45) is 4.99 Å². The van der Waals surface area contributed by atoms with Crippen molar-refractivity contribution in [3.05, 3.63) is 23.8 Å². The van der Waals surface area contributed by atoms with Gasteiger partial charge in [-0.3, -0.25) is 4.90 Å². The zero-order chi connectivity index (χ0) is 19.1. The van der Waals surface area contributed by atoms with Gasteiger partial charge in [0.2, 0.25) is 0 Å². The second kappa shape index (κ2) is 11.7. The first kappa shape index (κ1) is 23.1. The van der Waals surface area contributed by atoms with Crippen LogP contribution in [0, 0.1) is 0 Å². The molecule has 3 rings (SSSR count). The molecule has 2 aliphatic rings. The van der Waals surface area contributed by atoms with Crippen LogP contribution in [0.4, 0.5) is 0 Å². The van der Waals surface area contributed by atoms with E-state index < -0.39 is 0 Å². The highest BCUT2D eigenvalue weighted by atomic mass is 127. The van der Waals surface area contributed by atoms with Crippen molar-refractivity contribution in [3.63, 3.8) is 0 Å². The van der Waals surface area contributed by atoms with E-state index in [0.717, 1.165) is 42.2 Å². The predicted molar refractivity (Wildman–Crippen MR) is 125 cm³/mol. The third kappa shape index (κ3) is 6.14. The molecule has 1 aliphatic carbocycles. The van der Waals surface area contributed by atoms with E-state index >= 15 is 0 Å². The highest BCUT2D eigenvalue weighted by Crippen LogP contribution is 2.27. The largest absolute Gasteiger partial charge is 0.497 e. The van der Waals surface area contributed by atoms with Gasteiger partial charge in [0.1, 0.15) is 11.5 Å². The summed E-state index contributed by atoms with van der Waals surface area (Å²) >= 11 is 0. The van der Waals surface area contributed by atoms with E-state index in [2.05, 4.69) is 22.5 Å². The molecule has 7 heteroatoms. The molecule has 0 bridgehead atoms. The van der Waals surface area contributed by atoms with Crippen LogP contribution in [0.15, 0.2) is 23.2 Å². The Kier molecular flexibility index (Phi) is 9.64. The molecule has 28 heavy (non-hydrogen) atoms. The Morgan fingerprint density at radius 3 is 2.64 bits per heavy atom. The van der Waals surface area contributed by atoms with Crippen molar-refractivity contribution < 1.29 is 9.47 Å². The number of nitrogens with one attached hydrogen (secondary N) is 2. The topological polar surface area (TPSA) is 58.1 Å². The van der Waals surface area contributed by atoms with Gasteiger partial charge in [0.25, 0.3) is 0 Å². The molecule has 1 saturated carbocycles. The van der Waals surface area contributed by atoms with Crippen molar-refractivity contribution >= 4 is 29.9 Å². The molecule has 0 radical (unpaired) electrons. The molecule has 158 valence electrons. The van der Waals surface area contributed by atoms with Gasteiger partial charge in [0, 0.05) is 43.3 Å². The number of halogens is 1. The van der Waals surface area contributed by atoms with Crippen LogP contribution in [0.5, 0.6) is 11.5 Å². The Morgan fingerprint density at radius 2 is 1.96 bits per heavy atom. The number of hydrogen-bond donors (Lipinski definition) is 2. The van der Waals surface area contributed by atoms with Crippen LogP contribution < -0.4 is 20.1 Å². The van der Waals surface area contributed by atoms with Crippen molar-refractivity contribution in [2.75, 3.05) is 33.9 Å². The molecule has 0 spiro atoms. The van der Waals surface area contributed by atoms with Gasteiger partial charge >= 0.3 is 0 Å². The maximum atomic E-state index is 5.49. The molecule has 1 unspecified atom stereocenters. The fourth-order valence-electron chi connectivity index (χ4n) is 4.17. The lowest BCUT2D eigenvalue weighted by Gasteiger charge is -2.24. The van der Waals surface area contributed by atoms with Crippen LogP contribution >= 0.6 is 24.0 Å². The summed E-state index contributed by atoms with van der Waals surface area (Å²) < 4.78 is 10.8. The van der Waals surface area contributed by atoms with Crippen molar-refractivity contribution in [2.45, 2.75) is 57.7 Å². The number of benzene rings is 1. The lowest BCUT2D eigenvalue weighted by Crippen LogP contribution is -2.45. The van der Waals surface area contributed by atoms with E-state index in [9.17, 15) is 0 Å². The number of hydrogen-bond acceptors (Lipinski definition) is 4. The van der Waals surface area contributed by atoms with Crippen LogP contribution in [-0.2, 0) is 6.54 Å². The van der Waals surface area contributed by atoms with Crippen molar-refractivity contribution in [1.29, 1.82) is 0 Å². The molecule has 0 amide bonds. The smallest absolute Gasteiger partial charge is 0.191 e. The average molecular weight is 502 g/mol. The van der Waals surface area contributed by atoms with Gasteiger partial charge in [-0.2, -0.15) is 0 Å². The molecule has 0 aromatic heterocycles. The normalized spacial score (nSPS) is 20.7. The fourth-order valence-corrected chi connectivity index (χ4v) is 4.17. The van der Waals surface area contributed by atoms with Crippen LogP contribution in [0.25, 0.3) is 0 Å². The summed E-state index contributed by atoms with van der Waals surface area (Å²) in [5, 5.41) is 7.01. The van der Waals surface area contributed by atoms with E-state index in [0.29, 0.717) is 12.6 Å². The molecular formula is C21H35IN4O2. The van der Waals surface area contributed by atoms with E-state index in [1.54, 1.807) is 14.2 Å². The maximum Gasteiger partial charge on any atom is 0.191 e. The summed E-state index contributed by atoms with van der Waals surface area (Å²) in [6.07, 6.45) is 6.73. The summed E-state index contributed by atoms with van der Waals surface area (Å²) in [5.41, 5.74) is 1.05.